The van der Waals surface area contributed by atoms with E-state index in [4.69, 9.17) is 0 Å². The van der Waals surface area contributed by atoms with Crippen molar-refractivity contribution in [2.45, 2.75) is 12.8 Å². The first-order valence-corrected chi connectivity index (χ1v) is 8.67. The molecule has 0 aromatic heterocycles. The predicted molar refractivity (Wildman–Crippen MR) is 100 cm³/mol. The van der Waals surface area contributed by atoms with Crippen molar-refractivity contribution >= 4 is 23.2 Å². The van der Waals surface area contributed by atoms with Gasteiger partial charge in [-0.25, -0.2) is 9.18 Å². The summed E-state index contributed by atoms with van der Waals surface area (Å²) in [7, 11) is 2.06. The van der Waals surface area contributed by atoms with E-state index in [0.29, 0.717) is 16.9 Å². The molecule has 6 heteroatoms. The number of nitrogens with zero attached hydrogens (tertiary/aromatic N) is 1. The van der Waals surface area contributed by atoms with Gasteiger partial charge >= 0.3 is 6.03 Å². The van der Waals surface area contributed by atoms with Crippen LogP contribution >= 0.6 is 0 Å². The van der Waals surface area contributed by atoms with Gasteiger partial charge in [-0.3, -0.25) is 4.79 Å². The Morgan fingerprint density at radius 1 is 1.00 bits per heavy atom. The number of urea groups is 1. The van der Waals surface area contributed by atoms with Crippen LogP contribution in [0.25, 0.3) is 0 Å². The van der Waals surface area contributed by atoms with Crippen LogP contribution in [0.5, 0.6) is 0 Å². The number of carbonyl (C=O) groups is 2. The molecule has 0 unspecified atom stereocenters. The smallest absolute Gasteiger partial charge is 0.308 e. The summed E-state index contributed by atoms with van der Waals surface area (Å²) in [6.07, 6.45) is 1.71. The number of anilines is 2. The highest BCUT2D eigenvalue weighted by Gasteiger charge is 2.24. The first-order chi connectivity index (χ1) is 12.5. The largest absolute Gasteiger partial charge is 0.323 e. The van der Waals surface area contributed by atoms with Crippen molar-refractivity contribution in [1.29, 1.82) is 0 Å². The summed E-state index contributed by atoms with van der Waals surface area (Å²) in [4.78, 5) is 27.0. The van der Waals surface area contributed by atoms with Gasteiger partial charge < -0.3 is 15.5 Å². The second kappa shape index (κ2) is 8.10. The normalized spacial score (nSPS) is 15.5. The second-order valence-corrected chi connectivity index (χ2v) is 6.61. The molecule has 5 nitrogen and oxygen atoms in total. The van der Waals surface area contributed by atoms with Crippen LogP contribution in [-0.2, 0) is 0 Å². The summed E-state index contributed by atoms with van der Waals surface area (Å²) in [5.41, 5.74) is 1.49. The van der Waals surface area contributed by atoms with E-state index in [2.05, 4.69) is 22.6 Å². The van der Waals surface area contributed by atoms with Gasteiger partial charge in [-0.15, -0.1) is 0 Å². The lowest BCUT2D eigenvalue weighted by atomic mass is 9.89. The molecule has 1 fully saturated rings. The Kier molecular flexibility index (Phi) is 5.63. The first kappa shape index (κ1) is 18.1. The SMILES string of the molecule is CN1CCC(C(=O)c2cccc(NC(=O)Nc3cccc(F)c3)c2)CC1. The number of nitrogens with one attached hydrogen (secondary N) is 2. The van der Waals surface area contributed by atoms with E-state index in [1.54, 1.807) is 30.3 Å². The molecule has 1 aliphatic rings. The van der Waals surface area contributed by atoms with Crippen LogP contribution in [0.1, 0.15) is 23.2 Å². The monoisotopic (exact) mass is 355 g/mol. The van der Waals surface area contributed by atoms with Gasteiger partial charge in [-0.05, 0) is 63.3 Å². The van der Waals surface area contributed by atoms with Crippen molar-refractivity contribution < 1.29 is 14.0 Å². The molecule has 3 rings (SSSR count). The fourth-order valence-electron chi connectivity index (χ4n) is 3.12. The van der Waals surface area contributed by atoms with E-state index in [0.717, 1.165) is 25.9 Å². The number of ketones is 1. The van der Waals surface area contributed by atoms with Crippen LogP contribution in [0.2, 0.25) is 0 Å². The lowest BCUT2D eigenvalue weighted by molar-refractivity contribution is 0.0857. The Bertz CT molecular complexity index is 801. The van der Waals surface area contributed by atoms with E-state index in [9.17, 15) is 14.0 Å². The molecule has 0 radical (unpaired) electrons. The predicted octanol–water partition coefficient (Wildman–Crippen LogP) is 3.99. The molecule has 1 heterocycles. The minimum Gasteiger partial charge on any atom is -0.308 e. The van der Waals surface area contributed by atoms with E-state index in [-0.39, 0.29) is 11.7 Å². The Labute approximate surface area is 152 Å². The molecule has 0 bridgehead atoms. The van der Waals surface area contributed by atoms with Crippen molar-refractivity contribution in [1.82, 2.24) is 4.90 Å². The average molecular weight is 355 g/mol. The van der Waals surface area contributed by atoms with Gasteiger partial charge in [0.15, 0.2) is 5.78 Å². The number of halogens is 1. The number of amides is 2. The maximum atomic E-state index is 13.2. The Balaban J connectivity index is 1.63. The molecule has 136 valence electrons. The topological polar surface area (TPSA) is 61.4 Å². The Hall–Kier alpha value is -2.73. The van der Waals surface area contributed by atoms with Crippen molar-refractivity contribution in [2.75, 3.05) is 30.8 Å². The lowest BCUT2D eigenvalue weighted by Gasteiger charge is -2.28. The number of piperidine rings is 1. The second-order valence-electron chi connectivity index (χ2n) is 6.61. The molecule has 2 aromatic rings. The minimum atomic E-state index is -0.487. The molecule has 0 aliphatic carbocycles. The fourth-order valence-corrected chi connectivity index (χ4v) is 3.12. The van der Waals surface area contributed by atoms with Crippen LogP contribution in [0.4, 0.5) is 20.6 Å². The van der Waals surface area contributed by atoms with Crippen molar-refractivity contribution in [3.8, 4) is 0 Å². The van der Waals surface area contributed by atoms with Crippen molar-refractivity contribution in [3.05, 3.63) is 59.9 Å². The molecule has 0 atom stereocenters. The summed E-state index contributed by atoms with van der Waals surface area (Å²) in [6.45, 7) is 1.84. The van der Waals surface area contributed by atoms with Crippen LogP contribution in [0.15, 0.2) is 48.5 Å². The zero-order valence-corrected chi connectivity index (χ0v) is 14.7. The molecule has 0 saturated carbocycles. The first-order valence-electron chi connectivity index (χ1n) is 8.67. The van der Waals surface area contributed by atoms with Crippen LogP contribution in [-0.4, -0.2) is 36.9 Å². The summed E-state index contributed by atoms with van der Waals surface area (Å²) < 4.78 is 13.2. The number of rotatable bonds is 4. The summed E-state index contributed by atoms with van der Waals surface area (Å²) >= 11 is 0. The van der Waals surface area contributed by atoms with Crippen molar-refractivity contribution in [2.24, 2.45) is 5.92 Å². The Morgan fingerprint density at radius 2 is 1.62 bits per heavy atom. The number of Topliss-reactive ketones (excluding diaryl/α,β-unsaturated/α-hetero) is 1. The summed E-state index contributed by atoms with van der Waals surface area (Å²) in [5, 5.41) is 5.25. The summed E-state index contributed by atoms with van der Waals surface area (Å²) in [6, 6.07) is 12.1. The number of hydrogen-bond donors (Lipinski definition) is 2. The van der Waals surface area contributed by atoms with E-state index in [1.165, 1.54) is 18.2 Å². The number of hydrogen-bond acceptors (Lipinski definition) is 3. The van der Waals surface area contributed by atoms with Crippen LogP contribution in [0.3, 0.4) is 0 Å². The molecular formula is C20H22FN3O2. The number of likely N-dealkylation sites (tertiary alicyclic amines) is 1. The maximum absolute atomic E-state index is 13.2. The van der Waals surface area contributed by atoms with E-state index in [1.807, 2.05) is 0 Å². The van der Waals surface area contributed by atoms with Gasteiger partial charge in [-0.2, -0.15) is 0 Å². The molecule has 1 saturated heterocycles. The molecule has 2 N–H and O–H groups in total. The standard InChI is InChI=1S/C20H22FN3O2/c1-24-10-8-14(9-11-24)19(25)15-4-2-6-17(12-15)22-20(26)23-18-7-3-5-16(21)13-18/h2-7,12-14H,8-11H2,1H3,(H2,22,23,26). The van der Waals surface area contributed by atoms with Gasteiger partial charge in [0.2, 0.25) is 0 Å². The number of carbonyl (C=O) groups excluding carboxylic acids is 2. The summed E-state index contributed by atoms with van der Waals surface area (Å²) in [5.74, 6) is -0.275. The van der Waals surface area contributed by atoms with Gasteiger partial charge in [0.25, 0.3) is 0 Å². The zero-order valence-electron chi connectivity index (χ0n) is 14.7. The average Bonchev–Trinajstić information content (AvgIpc) is 2.62. The maximum Gasteiger partial charge on any atom is 0.323 e. The van der Waals surface area contributed by atoms with E-state index < -0.39 is 11.8 Å². The molecular weight excluding hydrogens is 333 g/mol. The fraction of sp³-hybridized carbons (Fsp3) is 0.300. The molecule has 26 heavy (non-hydrogen) atoms. The van der Waals surface area contributed by atoms with Gasteiger partial charge in [0.1, 0.15) is 5.82 Å². The molecule has 2 aromatic carbocycles. The molecule has 1 aliphatic heterocycles. The lowest BCUT2D eigenvalue weighted by Crippen LogP contribution is -2.33. The van der Waals surface area contributed by atoms with Gasteiger partial charge in [-0.1, -0.05) is 18.2 Å². The van der Waals surface area contributed by atoms with Crippen molar-refractivity contribution in [3.63, 3.8) is 0 Å². The Morgan fingerprint density at radius 3 is 2.27 bits per heavy atom. The van der Waals surface area contributed by atoms with Crippen LogP contribution < -0.4 is 10.6 Å². The van der Waals surface area contributed by atoms with Gasteiger partial charge in [0.05, 0.1) is 0 Å². The van der Waals surface area contributed by atoms with Gasteiger partial charge in [0, 0.05) is 22.9 Å². The highest BCUT2D eigenvalue weighted by molar-refractivity contribution is 6.02. The molecule has 0 spiro atoms. The third-order valence-electron chi connectivity index (χ3n) is 4.58. The van der Waals surface area contributed by atoms with Crippen LogP contribution in [0, 0.1) is 11.7 Å². The highest BCUT2D eigenvalue weighted by Crippen LogP contribution is 2.22. The molecule has 2 amide bonds. The third-order valence-corrected chi connectivity index (χ3v) is 4.58. The minimum absolute atomic E-state index is 0.0302. The number of benzene rings is 2. The third kappa shape index (κ3) is 4.67. The highest BCUT2D eigenvalue weighted by atomic mass is 19.1. The quantitative estimate of drug-likeness (QED) is 0.815. The van der Waals surface area contributed by atoms with E-state index >= 15 is 0 Å². The zero-order chi connectivity index (χ0) is 18.5.